The monoisotopic (exact) mass is 451 g/mol. The smallest absolute Gasteiger partial charge is 0.345 e. The molecule has 0 fully saturated rings. The van der Waals surface area contributed by atoms with Crippen LogP contribution in [0, 0.1) is 5.82 Å². The summed E-state index contributed by atoms with van der Waals surface area (Å²) in [6.07, 6.45) is 1.48. The minimum absolute atomic E-state index is 0.0422. The summed E-state index contributed by atoms with van der Waals surface area (Å²) in [5.41, 5.74) is 1.21. The van der Waals surface area contributed by atoms with E-state index in [4.69, 9.17) is 4.74 Å². The zero-order valence-electron chi connectivity index (χ0n) is 17.6. The maximum absolute atomic E-state index is 13.2. The van der Waals surface area contributed by atoms with Crippen molar-refractivity contribution in [3.63, 3.8) is 0 Å². The number of ether oxygens (including phenoxy) is 2. The van der Waals surface area contributed by atoms with Crippen LogP contribution >= 0.6 is 0 Å². The molecule has 7 nitrogen and oxygen atoms in total. The van der Waals surface area contributed by atoms with E-state index in [0.29, 0.717) is 29.3 Å². The Morgan fingerprint density at radius 3 is 2.62 bits per heavy atom. The van der Waals surface area contributed by atoms with Crippen molar-refractivity contribution in [3.8, 4) is 0 Å². The van der Waals surface area contributed by atoms with Crippen LogP contribution in [0.4, 0.5) is 13.2 Å². The van der Waals surface area contributed by atoms with E-state index in [-0.39, 0.29) is 25.5 Å². The van der Waals surface area contributed by atoms with E-state index < -0.39 is 24.1 Å². The van der Waals surface area contributed by atoms with E-state index in [1.807, 2.05) is 0 Å². The molecule has 2 N–H and O–H groups in total. The number of benzene rings is 1. The number of carbonyl (C=O) groups is 1. The third-order valence-electron chi connectivity index (χ3n) is 4.79. The van der Waals surface area contributed by atoms with Crippen LogP contribution in [0.2, 0.25) is 0 Å². The van der Waals surface area contributed by atoms with E-state index in [1.54, 1.807) is 19.9 Å². The molecule has 2 aromatic rings. The highest BCUT2D eigenvalue weighted by Crippen LogP contribution is 2.26. The van der Waals surface area contributed by atoms with Crippen molar-refractivity contribution in [1.29, 1.82) is 0 Å². The zero-order chi connectivity index (χ0) is 23.3. The average molecular weight is 451 g/mol. The van der Waals surface area contributed by atoms with Gasteiger partial charge < -0.3 is 19.9 Å². The van der Waals surface area contributed by atoms with Crippen molar-refractivity contribution in [2.75, 3.05) is 13.2 Å². The van der Waals surface area contributed by atoms with Gasteiger partial charge in [-0.2, -0.15) is 8.78 Å². The average Bonchev–Trinajstić information content (AvgIpc) is 3.11. The molecule has 0 radical (unpaired) electrons. The number of aliphatic imine (C=N–C) groups is 1. The Balaban J connectivity index is 1.61. The van der Waals surface area contributed by atoms with Crippen molar-refractivity contribution in [2.45, 2.75) is 45.1 Å². The number of aliphatic hydroxyl groups is 1. The molecule has 0 bridgehead atoms. The number of pyridine rings is 1. The number of alkyl halides is 2. The van der Waals surface area contributed by atoms with E-state index in [9.17, 15) is 23.1 Å². The number of hydrogen-bond acceptors (Lipinski definition) is 6. The molecular weight excluding hydrogens is 427 g/mol. The molecule has 32 heavy (non-hydrogen) atoms. The molecule has 1 aromatic carbocycles. The van der Waals surface area contributed by atoms with Gasteiger partial charge in [0.15, 0.2) is 0 Å². The molecule has 2 heterocycles. The molecule has 0 saturated heterocycles. The van der Waals surface area contributed by atoms with E-state index in [0.717, 1.165) is 5.56 Å². The fourth-order valence-corrected chi connectivity index (χ4v) is 3.31. The van der Waals surface area contributed by atoms with E-state index in [2.05, 4.69) is 20.0 Å². The van der Waals surface area contributed by atoms with Crippen LogP contribution in [-0.4, -0.2) is 47.3 Å². The highest BCUT2D eigenvalue weighted by Gasteiger charge is 2.30. The van der Waals surface area contributed by atoms with Crippen molar-refractivity contribution in [1.82, 2.24) is 10.3 Å². The second-order valence-corrected chi connectivity index (χ2v) is 7.82. The first-order chi connectivity index (χ1) is 15.1. The van der Waals surface area contributed by atoms with Gasteiger partial charge in [-0.05, 0) is 43.2 Å². The number of nitrogens with one attached hydrogen (secondary N) is 1. The number of amides is 1. The van der Waals surface area contributed by atoms with Gasteiger partial charge in [0.1, 0.15) is 12.4 Å². The lowest BCUT2D eigenvalue weighted by Crippen LogP contribution is -2.42. The molecule has 1 aliphatic heterocycles. The van der Waals surface area contributed by atoms with E-state index in [1.165, 1.54) is 30.5 Å². The van der Waals surface area contributed by atoms with Gasteiger partial charge >= 0.3 is 6.61 Å². The lowest BCUT2D eigenvalue weighted by Gasteiger charge is -2.30. The summed E-state index contributed by atoms with van der Waals surface area (Å²) in [6, 6.07) is 6.53. The third kappa shape index (κ3) is 6.27. The van der Waals surface area contributed by atoms with Crippen molar-refractivity contribution in [2.24, 2.45) is 4.99 Å². The van der Waals surface area contributed by atoms with Gasteiger partial charge in [0, 0.05) is 6.20 Å². The summed E-state index contributed by atoms with van der Waals surface area (Å²) >= 11 is 0. The van der Waals surface area contributed by atoms with Gasteiger partial charge in [0.05, 0.1) is 42.5 Å². The SMILES string of the molecule is CC(C)(O)[C@@H](NC(=O)Cc1cc2c(cn1)C(OCCOC(F)F)=NC2)c1ccc(F)cc1. The summed E-state index contributed by atoms with van der Waals surface area (Å²) in [7, 11) is 0. The molecule has 10 heteroatoms. The number of aromatic nitrogens is 1. The highest BCUT2D eigenvalue weighted by molar-refractivity contribution is 5.97. The molecule has 3 rings (SSSR count). The Morgan fingerprint density at radius 2 is 1.97 bits per heavy atom. The molecule has 1 amide bonds. The number of fused-ring (bicyclic) bond motifs is 1. The maximum Gasteiger partial charge on any atom is 0.345 e. The lowest BCUT2D eigenvalue weighted by atomic mass is 9.91. The van der Waals surface area contributed by atoms with Gasteiger partial charge in [0.2, 0.25) is 11.8 Å². The van der Waals surface area contributed by atoms with Crippen molar-refractivity contribution in [3.05, 3.63) is 64.7 Å². The number of hydrogen-bond donors (Lipinski definition) is 2. The van der Waals surface area contributed by atoms with Crippen LogP contribution in [-0.2, 0) is 27.2 Å². The maximum atomic E-state index is 13.2. The first kappa shape index (κ1) is 23.7. The van der Waals surface area contributed by atoms with E-state index >= 15 is 0 Å². The van der Waals surface area contributed by atoms with Crippen LogP contribution in [0.3, 0.4) is 0 Å². The Labute approximate surface area is 183 Å². The van der Waals surface area contributed by atoms with Gasteiger partial charge in [-0.15, -0.1) is 0 Å². The minimum Gasteiger partial charge on any atom is -0.475 e. The molecule has 0 unspecified atom stereocenters. The predicted octanol–water partition coefficient (Wildman–Crippen LogP) is 2.91. The first-order valence-corrected chi connectivity index (χ1v) is 9.96. The Kier molecular flexibility index (Phi) is 7.47. The van der Waals surface area contributed by atoms with Gasteiger partial charge in [-0.25, -0.2) is 9.38 Å². The second kappa shape index (κ2) is 10.1. The molecular formula is C22H24F3N3O4. The minimum atomic E-state index is -2.86. The number of carbonyl (C=O) groups excluding carboxylic acids is 1. The first-order valence-electron chi connectivity index (χ1n) is 9.96. The summed E-state index contributed by atoms with van der Waals surface area (Å²) in [4.78, 5) is 21.1. The zero-order valence-corrected chi connectivity index (χ0v) is 17.6. The Hall–Kier alpha value is -2.98. The molecule has 1 aromatic heterocycles. The summed E-state index contributed by atoms with van der Waals surface area (Å²) in [5, 5.41) is 13.3. The third-order valence-corrected chi connectivity index (χ3v) is 4.79. The highest BCUT2D eigenvalue weighted by atomic mass is 19.3. The summed E-state index contributed by atoms with van der Waals surface area (Å²) in [6.45, 7) is 0.230. The van der Waals surface area contributed by atoms with Gasteiger partial charge in [-0.1, -0.05) is 12.1 Å². The molecule has 1 atom stereocenters. The number of nitrogens with zero attached hydrogens (tertiary/aromatic N) is 2. The predicted molar refractivity (Wildman–Crippen MR) is 110 cm³/mol. The molecule has 172 valence electrons. The van der Waals surface area contributed by atoms with Crippen LogP contribution in [0.1, 0.15) is 42.3 Å². The fourth-order valence-electron chi connectivity index (χ4n) is 3.31. The van der Waals surface area contributed by atoms with Crippen LogP contribution in [0.15, 0.2) is 41.5 Å². The van der Waals surface area contributed by atoms with Crippen LogP contribution in [0.5, 0.6) is 0 Å². The largest absolute Gasteiger partial charge is 0.475 e. The van der Waals surface area contributed by atoms with Gasteiger partial charge in [-0.3, -0.25) is 9.78 Å². The Bertz CT molecular complexity index is 975. The lowest BCUT2D eigenvalue weighted by molar-refractivity contribution is -0.134. The summed E-state index contributed by atoms with van der Waals surface area (Å²) in [5.74, 6) is -0.489. The molecule has 0 spiro atoms. The van der Waals surface area contributed by atoms with Crippen LogP contribution in [0.25, 0.3) is 0 Å². The van der Waals surface area contributed by atoms with Crippen LogP contribution < -0.4 is 5.32 Å². The molecule has 0 saturated carbocycles. The topological polar surface area (TPSA) is 93.0 Å². The number of rotatable bonds is 9. The van der Waals surface area contributed by atoms with Crippen molar-refractivity contribution < 1.29 is 32.5 Å². The summed E-state index contributed by atoms with van der Waals surface area (Å²) < 4.78 is 46.7. The van der Waals surface area contributed by atoms with Crippen molar-refractivity contribution >= 4 is 11.8 Å². The fraction of sp³-hybridized carbons (Fsp3) is 0.409. The quantitative estimate of drug-likeness (QED) is 0.572. The molecule has 0 aliphatic carbocycles. The number of halogens is 3. The normalized spacial score (nSPS) is 14.2. The molecule has 1 aliphatic rings. The standard InChI is InChI=1S/C22H24F3N3O4/c1-22(2,30)19(13-3-5-15(23)6-4-13)28-18(29)10-16-9-14-11-27-20(17(14)12-26-16)31-7-8-32-21(24)25/h3-6,9,12,19,21,30H,7-8,10-11H2,1-2H3,(H,28,29)/t19-/m0/s1. The second-order valence-electron chi connectivity index (χ2n) is 7.82. The Morgan fingerprint density at radius 1 is 1.25 bits per heavy atom. The van der Waals surface area contributed by atoms with Gasteiger partial charge in [0.25, 0.3) is 0 Å².